The summed E-state index contributed by atoms with van der Waals surface area (Å²) in [6.45, 7) is 8.00. The molecule has 0 fully saturated rings. The summed E-state index contributed by atoms with van der Waals surface area (Å²) >= 11 is 0. The fourth-order valence-electron chi connectivity index (χ4n) is 2.32. The van der Waals surface area contributed by atoms with Crippen LogP contribution in [0.25, 0.3) is 0 Å². The van der Waals surface area contributed by atoms with Gasteiger partial charge in [0.1, 0.15) is 0 Å². The largest absolute Gasteiger partial charge is 0.0683 e. The molecular formula is C20H28. The monoisotopic (exact) mass is 268 g/mol. The van der Waals surface area contributed by atoms with Crippen LogP contribution in [0.15, 0.2) is 48.5 Å². The molecule has 0 unspecified atom stereocenters. The maximum atomic E-state index is 2.28. The lowest BCUT2D eigenvalue weighted by Crippen LogP contribution is -1.97. The standard InChI is InChI=1S/C16H16.2C2H6/c1-2-14-4-3-13(1)9-10-15-5-7-16(8-6-15)12-11-14;2*1-2/h1-8H,9-12H2;2*1-2H3. The van der Waals surface area contributed by atoms with Crippen LogP contribution in [0.1, 0.15) is 49.9 Å². The lowest BCUT2D eigenvalue weighted by atomic mass is 9.97. The predicted octanol–water partition coefficient (Wildman–Crippen LogP) is 5.62. The van der Waals surface area contributed by atoms with Crippen LogP contribution in [0.2, 0.25) is 0 Å². The molecule has 0 aliphatic heterocycles. The van der Waals surface area contributed by atoms with Gasteiger partial charge in [-0.25, -0.2) is 0 Å². The van der Waals surface area contributed by atoms with Crippen molar-refractivity contribution in [2.45, 2.75) is 53.4 Å². The molecule has 4 aliphatic rings. The highest BCUT2D eigenvalue weighted by molar-refractivity contribution is 5.29. The lowest BCUT2D eigenvalue weighted by Gasteiger charge is -2.09. The molecule has 4 bridgehead atoms. The van der Waals surface area contributed by atoms with Crippen molar-refractivity contribution < 1.29 is 0 Å². The molecule has 0 aromatic heterocycles. The van der Waals surface area contributed by atoms with Gasteiger partial charge in [0, 0.05) is 0 Å². The highest BCUT2D eigenvalue weighted by Gasteiger charge is 2.01. The zero-order chi connectivity index (χ0) is 14.8. The SMILES string of the molecule is CC.CC.c1cc2ccc1CCc1ccc(cc1)CC2. The number of rotatable bonds is 0. The summed E-state index contributed by atoms with van der Waals surface area (Å²) in [5, 5.41) is 0. The first kappa shape index (κ1) is 16.5. The van der Waals surface area contributed by atoms with Crippen molar-refractivity contribution in [3.63, 3.8) is 0 Å². The van der Waals surface area contributed by atoms with Crippen LogP contribution in [0.3, 0.4) is 0 Å². The summed E-state index contributed by atoms with van der Waals surface area (Å²) in [4.78, 5) is 0. The fourth-order valence-corrected chi connectivity index (χ4v) is 2.32. The van der Waals surface area contributed by atoms with Crippen LogP contribution >= 0.6 is 0 Å². The van der Waals surface area contributed by atoms with Gasteiger partial charge in [-0.05, 0) is 47.9 Å². The number of hydrogen-bond acceptors (Lipinski definition) is 0. The second-order valence-electron chi connectivity index (χ2n) is 4.63. The van der Waals surface area contributed by atoms with E-state index in [1.54, 1.807) is 0 Å². The number of benzene rings is 2. The van der Waals surface area contributed by atoms with Gasteiger partial charge >= 0.3 is 0 Å². The zero-order valence-corrected chi connectivity index (χ0v) is 13.4. The molecule has 0 heteroatoms. The molecule has 108 valence electrons. The van der Waals surface area contributed by atoms with Gasteiger partial charge in [0.05, 0.1) is 0 Å². The quantitative estimate of drug-likeness (QED) is 0.581. The van der Waals surface area contributed by atoms with E-state index < -0.39 is 0 Å². The smallest absolute Gasteiger partial charge is 0.0238 e. The van der Waals surface area contributed by atoms with Gasteiger partial charge in [-0.1, -0.05) is 76.2 Å². The van der Waals surface area contributed by atoms with Gasteiger partial charge in [-0.2, -0.15) is 0 Å². The molecule has 20 heavy (non-hydrogen) atoms. The molecule has 0 saturated heterocycles. The van der Waals surface area contributed by atoms with E-state index in [2.05, 4.69) is 48.5 Å². The van der Waals surface area contributed by atoms with Gasteiger partial charge in [0.25, 0.3) is 0 Å². The Kier molecular flexibility index (Phi) is 7.72. The van der Waals surface area contributed by atoms with Gasteiger partial charge < -0.3 is 0 Å². The van der Waals surface area contributed by atoms with E-state index in [1.807, 2.05) is 27.7 Å². The van der Waals surface area contributed by atoms with Crippen molar-refractivity contribution in [2.75, 3.05) is 0 Å². The summed E-state index contributed by atoms with van der Waals surface area (Å²) in [7, 11) is 0. The normalized spacial score (nSPS) is 12.2. The van der Waals surface area contributed by atoms with Gasteiger partial charge in [-0.3, -0.25) is 0 Å². The molecule has 2 aromatic carbocycles. The van der Waals surface area contributed by atoms with Crippen LogP contribution in [0, 0.1) is 0 Å². The second kappa shape index (κ2) is 9.36. The molecule has 0 heterocycles. The summed E-state index contributed by atoms with van der Waals surface area (Å²) in [6.07, 6.45) is 4.61. The first-order chi connectivity index (χ1) is 9.90. The predicted molar refractivity (Wildman–Crippen MR) is 90.4 cm³/mol. The molecule has 0 atom stereocenters. The molecule has 6 rings (SSSR count). The molecule has 0 nitrogen and oxygen atoms in total. The third-order valence-corrected chi connectivity index (χ3v) is 3.45. The zero-order valence-electron chi connectivity index (χ0n) is 13.4. The Bertz CT molecular complexity index is 369. The first-order valence-electron chi connectivity index (χ1n) is 8.06. The number of hydrogen-bond donors (Lipinski definition) is 0. The van der Waals surface area contributed by atoms with Crippen LogP contribution in [0.4, 0.5) is 0 Å². The van der Waals surface area contributed by atoms with Crippen LogP contribution < -0.4 is 0 Å². The summed E-state index contributed by atoms with van der Waals surface area (Å²) in [5.74, 6) is 0. The highest BCUT2D eigenvalue weighted by Crippen LogP contribution is 2.14. The average Bonchev–Trinajstić information content (AvgIpc) is 2.54. The molecule has 0 radical (unpaired) electrons. The molecule has 2 aromatic rings. The highest BCUT2D eigenvalue weighted by atomic mass is 14.1. The minimum absolute atomic E-state index is 1.15. The summed E-state index contributed by atoms with van der Waals surface area (Å²) < 4.78 is 0. The van der Waals surface area contributed by atoms with E-state index in [1.165, 1.54) is 22.3 Å². The van der Waals surface area contributed by atoms with Crippen LogP contribution in [-0.2, 0) is 25.7 Å². The van der Waals surface area contributed by atoms with Crippen molar-refractivity contribution >= 4 is 0 Å². The Morgan fingerprint density at radius 3 is 0.700 bits per heavy atom. The Balaban J connectivity index is 0.000000461. The Labute approximate surface area is 124 Å². The first-order valence-corrected chi connectivity index (χ1v) is 8.06. The molecule has 4 aliphatic carbocycles. The van der Waals surface area contributed by atoms with E-state index >= 15 is 0 Å². The van der Waals surface area contributed by atoms with E-state index in [9.17, 15) is 0 Å². The minimum atomic E-state index is 1.15. The van der Waals surface area contributed by atoms with Gasteiger partial charge in [0.15, 0.2) is 0 Å². The van der Waals surface area contributed by atoms with Crippen molar-refractivity contribution in [3.05, 3.63) is 70.8 Å². The summed E-state index contributed by atoms with van der Waals surface area (Å²) in [5.41, 5.74) is 5.81. The third kappa shape index (κ3) is 4.85. The van der Waals surface area contributed by atoms with Crippen molar-refractivity contribution in [3.8, 4) is 0 Å². The van der Waals surface area contributed by atoms with Crippen molar-refractivity contribution in [1.29, 1.82) is 0 Å². The van der Waals surface area contributed by atoms with Crippen LogP contribution in [-0.4, -0.2) is 0 Å². The van der Waals surface area contributed by atoms with Crippen molar-refractivity contribution in [2.24, 2.45) is 0 Å². The van der Waals surface area contributed by atoms with E-state index in [0.29, 0.717) is 0 Å². The van der Waals surface area contributed by atoms with E-state index in [0.717, 1.165) is 25.7 Å². The van der Waals surface area contributed by atoms with E-state index in [-0.39, 0.29) is 0 Å². The fraction of sp³-hybridized carbons (Fsp3) is 0.400. The van der Waals surface area contributed by atoms with Gasteiger partial charge in [0.2, 0.25) is 0 Å². The van der Waals surface area contributed by atoms with E-state index in [4.69, 9.17) is 0 Å². The van der Waals surface area contributed by atoms with Crippen molar-refractivity contribution in [1.82, 2.24) is 0 Å². The molecule has 0 N–H and O–H groups in total. The average molecular weight is 268 g/mol. The molecule has 0 saturated carbocycles. The molecule has 0 amide bonds. The Hall–Kier alpha value is -1.56. The lowest BCUT2D eigenvalue weighted by molar-refractivity contribution is 0.921. The second-order valence-corrected chi connectivity index (χ2v) is 4.63. The Morgan fingerprint density at radius 1 is 0.400 bits per heavy atom. The maximum absolute atomic E-state index is 2.28. The molecular weight excluding hydrogens is 240 g/mol. The minimum Gasteiger partial charge on any atom is -0.0683 e. The van der Waals surface area contributed by atoms with Gasteiger partial charge in [-0.15, -0.1) is 0 Å². The third-order valence-electron chi connectivity index (χ3n) is 3.45. The number of aryl methyl sites for hydroxylation is 4. The Morgan fingerprint density at radius 2 is 0.550 bits per heavy atom. The maximum Gasteiger partial charge on any atom is -0.0238 e. The molecule has 0 spiro atoms. The van der Waals surface area contributed by atoms with Crippen LogP contribution in [0.5, 0.6) is 0 Å². The summed E-state index contributed by atoms with van der Waals surface area (Å²) in [6, 6.07) is 18.2. The topological polar surface area (TPSA) is 0 Å².